The molecular formula is C15H24N2O2. The zero-order chi connectivity index (χ0) is 13.5. The van der Waals surface area contributed by atoms with Crippen molar-refractivity contribution in [1.29, 1.82) is 0 Å². The molecule has 0 aromatic carbocycles. The minimum Gasteiger partial charge on any atom is -0.490 e. The molecule has 0 spiro atoms. The number of nitrogens with one attached hydrogen (secondary N) is 1. The molecule has 4 heteroatoms. The number of rotatable bonds is 6. The molecular weight excluding hydrogens is 240 g/mol. The highest BCUT2D eigenvalue weighted by molar-refractivity contribution is 5.40. The molecule has 1 aliphatic carbocycles. The van der Waals surface area contributed by atoms with E-state index < -0.39 is 0 Å². The summed E-state index contributed by atoms with van der Waals surface area (Å²) in [6.45, 7) is 3.08. The molecule has 106 valence electrons. The monoisotopic (exact) mass is 264 g/mol. The summed E-state index contributed by atoms with van der Waals surface area (Å²) >= 11 is 0. The maximum Gasteiger partial charge on any atom is 0.129 e. The van der Waals surface area contributed by atoms with E-state index in [1.165, 1.54) is 6.42 Å². The van der Waals surface area contributed by atoms with Gasteiger partial charge in [0.1, 0.15) is 17.7 Å². The summed E-state index contributed by atoms with van der Waals surface area (Å²) in [6.07, 6.45) is 7.91. The molecule has 1 fully saturated rings. The number of hydrogen-bond acceptors (Lipinski definition) is 4. The molecule has 0 saturated heterocycles. The Labute approximate surface area is 115 Å². The zero-order valence-corrected chi connectivity index (χ0v) is 11.9. The van der Waals surface area contributed by atoms with Crippen LogP contribution in [0.15, 0.2) is 18.3 Å². The predicted molar refractivity (Wildman–Crippen MR) is 76.7 cm³/mol. The third kappa shape index (κ3) is 4.39. The average molecular weight is 264 g/mol. The first kappa shape index (κ1) is 14.1. The van der Waals surface area contributed by atoms with Crippen LogP contribution in [0.25, 0.3) is 0 Å². The van der Waals surface area contributed by atoms with Gasteiger partial charge in [-0.05, 0) is 31.7 Å². The molecule has 0 amide bonds. The highest BCUT2D eigenvalue weighted by Crippen LogP contribution is 2.25. The summed E-state index contributed by atoms with van der Waals surface area (Å²) < 4.78 is 11.5. The second kappa shape index (κ2) is 7.34. The fourth-order valence-corrected chi connectivity index (χ4v) is 2.45. The van der Waals surface area contributed by atoms with Crippen LogP contribution in [0.4, 0.5) is 5.82 Å². The molecule has 0 aliphatic heterocycles. The largest absolute Gasteiger partial charge is 0.490 e. The lowest BCUT2D eigenvalue weighted by molar-refractivity contribution is 0.0210. The second-order valence-electron chi connectivity index (χ2n) is 5.07. The van der Waals surface area contributed by atoms with Gasteiger partial charge in [-0.15, -0.1) is 0 Å². The summed E-state index contributed by atoms with van der Waals surface area (Å²) in [5.41, 5.74) is 0. The first-order chi connectivity index (χ1) is 9.31. The van der Waals surface area contributed by atoms with Crippen molar-refractivity contribution in [3.05, 3.63) is 18.3 Å². The van der Waals surface area contributed by atoms with Gasteiger partial charge in [-0.2, -0.15) is 0 Å². The van der Waals surface area contributed by atoms with Gasteiger partial charge in [0.25, 0.3) is 0 Å². The van der Waals surface area contributed by atoms with Crippen LogP contribution < -0.4 is 10.1 Å². The van der Waals surface area contributed by atoms with Gasteiger partial charge in [0, 0.05) is 32.3 Å². The number of aromatic nitrogens is 1. The molecule has 2 atom stereocenters. The molecule has 2 unspecified atom stereocenters. The molecule has 1 saturated carbocycles. The van der Waals surface area contributed by atoms with E-state index in [2.05, 4.69) is 17.2 Å². The standard InChI is InChI=1S/C15H24N2O2/c1-3-8-16-15-11-14(7-9-17-15)19-13-6-4-5-12(10-13)18-2/h7,9,11-13H,3-6,8,10H2,1-2H3,(H,16,17). The summed E-state index contributed by atoms with van der Waals surface area (Å²) in [4.78, 5) is 4.29. The molecule has 1 aliphatic rings. The van der Waals surface area contributed by atoms with Gasteiger partial charge in [0.15, 0.2) is 0 Å². The van der Waals surface area contributed by atoms with Crippen LogP contribution >= 0.6 is 0 Å². The van der Waals surface area contributed by atoms with Gasteiger partial charge in [-0.1, -0.05) is 6.92 Å². The molecule has 2 rings (SSSR count). The fraction of sp³-hybridized carbons (Fsp3) is 0.667. The summed E-state index contributed by atoms with van der Waals surface area (Å²) in [5, 5.41) is 3.28. The molecule has 0 bridgehead atoms. The van der Waals surface area contributed by atoms with Gasteiger partial charge in [0.05, 0.1) is 6.10 Å². The van der Waals surface area contributed by atoms with Gasteiger partial charge >= 0.3 is 0 Å². The first-order valence-electron chi connectivity index (χ1n) is 7.21. The van der Waals surface area contributed by atoms with Crippen molar-refractivity contribution in [1.82, 2.24) is 4.98 Å². The molecule has 1 aromatic rings. The maximum atomic E-state index is 6.05. The lowest BCUT2D eigenvalue weighted by Gasteiger charge is -2.28. The molecule has 19 heavy (non-hydrogen) atoms. The molecule has 1 N–H and O–H groups in total. The second-order valence-corrected chi connectivity index (χ2v) is 5.07. The van der Waals surface area contributed by atoms with Gasteiger partial charge in [-0.25, -0.2) is 4.98 Å². The van der Waals surface area contributed by atoms with Crippen molar-refractivity contribution in [3.63, 3.8) is 0 Å². The average Bonchev–Trinajstić information content (AvgIpc) is 2.46. The van der Waals surface area contributed by atoms with Gasteiger partial charge < -0.3 is 14.8 Å². The van der Waals surface area contributed by atoms with E-state index in [-0.39, 0.29) is 6.10 Å². The Morgan fingerprint density at radius 3 is 3.00 bits per heavy atom. The van der Waals surface area contributed by atoms with Crippen molar-refractivity contribution < 1.29 is 9.47 Å². The topological polar surface area (TPSA) is 43.4 Å². The molecule has 0 radical (unpaired) electrons. The number of nitrogens with zero attached hydrogens (tertiary/aromatic N) is 1. The Bertz CT molecular complexity index is 384. The fourth-order valence-electron chi connectivity index (χ4n) is 2.45. The third-order valence-corrected chi connectivity index (χ3v) is 3.50. The predicted octanol–water partition coefficient (Wildman–Crippen LogP) is 3.24. The van der Waals surface area contributed by atoms with Crippen LogP contribution in [-0.4, -0.2) is 30.8 Å². The van der Waals surface area contributed by atoms with E-state index in [0.717, 1.165) is 43.8 Å². The Hall–Kier alpha value is -1.29. The number of hydrogen-bond donors (Lipinski definition) is 1. The zero-order valence-electron chi connectivity index (χ0n) is 11.9. The van der Waals surface area contributed by atoms with Crippen LogP contribution in [0.3, 0.4) is 0 Å². The van der Waals surface area contributed by atoms with Crippen molar-refractivity contribution in [2.45, 2.75) is 51.2 Å². The molecule has 1 aromatic heterocycles. The summed E-state index contributed by atoms with van der Waals surface area (Å²) in [5.74, 6) is 1.79. The first-order valence-corrected chi connectivity index (χ1v) is 7.21. The van der Waals surface area contributed by atoms with Crippen LogP contribution in [0.1, 0.15) is 39.0 Å². The number of methoxy groups -OCH3 is 1. The van der Waals surface area contributed by atoms with E-state index >= 15 is 0 Å². The van der Waals surface area contributed by atoms with Crippen LogP contribution in [0.2, 0.25) is 0 Å². The normalized spacial score (nSPS) is 23.1. The summed E-state index contributed by atoms with van der Waals surface area (Å²) in [7, 11) is 1.78. The van der Waals surface area contributed by atoms with Crippen molar-refractivity contribution in [2.24, 2.45) is 0 Å². The van der Waals surface area contributed by atoms with Crippen LogP contribution in [0.5, 0.6) is 5.75 Å². The van der Waals surface area contributed by atoms with Crippen LogP contribution in [-0.2, 0) is 4.74 Å². The SMILES string of the molecule is CCCNc1cc(OC2CCCC(OC)C2)ccn1. The van der Waals surface area contributed by atoms with E-state index in [1.807, 2.05) is 12.1 Å². The minimum absolute atomic E-state index is 0.264. The van der Waals surface area contributed by atoms with Crippen molar-refractivity contribution >= 4 is 5.82 Å². The van der Waals surface area contributed by atoms with E-state index in [0.29, 0.717) is 6.10 Å². The van der Waals surface area contributed by atoms with Crippen molar-refractivity contribution in [2.75, 3.05) is 19.0 Å². The van der Waals surface area contributed by atoms with Crippen LogP contribution in [0, 0.1) is 0 Å². The Morgan fingerprint density at radius 2 is 2.21 bits per heavy atom. The Balaban J connectivity index is 1.90. The highest BCUT2D eigenvalue weighted by atomic mass is 16.5. The third-order valence-electron chi connectivity index (χ3n) is 3.50. The Morgan fingerprint density at radius 1 is 1.37 bits per heavy atom. The van der Waals surface area contributed by atoms with E-state index in [1.54, 1.807) is 13.3 Å². The smallest absolute Gasteiger partial charge is 0.129 e. The molecule has 4 nitrogen and oxygen atoms in total. The lowest BCUT2D eigenvalue weighted by atomic mass is 9.95. The quantitative estimate of drug-likeness (QED) is 0.856. The maximum absolute atomic E-state index is 6.05. The number of anilines is 1. The minimum atomic E-state index is 0.264. The number of pyridine rings is 1. The summed E-state index contributed by atoms with van der Waals surface area (Å²) in [6, 6.07) is 3.90. The highest BCUT2D eigenvalue weighted by Gasteiger charge is 2.23. The van der Waals surface area contributed by atoms with E-state index in [9.17, 15) is 0 Å². The Kier molecular flexibility index (Phi) is 5.45. The van der Waals surface area contributed by atoms with Gasteiger partial charge in [0.2, 0.25) is 0 Å². The van der Waals surface area contributed by atoms with Crippen molar-refractivity contribution in [3.8, 4) is 5.75 Å². The van der Waals surface area contributed by atoms with Gasteiger partial charge in [-0.3, -0.25) is 0 Å². The molecule has 1 heterocycles. The lowest BCUT2D eigenvalue weighted by Crippen LogP contribution is -2.29. The van der Waals surface area contributed by atoms with E-state index in [4.69, 9.17) is 9.47 Å². The number of ether oxygens (including phenoxy) is 2.